The molecule has 5 nitrogen and oxygen atoms in total. The molecule has 0 radical (unpaired) electrons. The molecule has 156 valence electrons. The van der Waals surface area contributed by atoms with Crippen molar-refractivity contribution in [3.8, 4) is 11.5 Å². The number of nitrogens with zero attached hydrogens (tertiary/aromatic N) is 2. The second kappa shape index (κ2) is 10.1. The van der Waals surface area contributed by atoms with Gasteiger partial charge in [-0.25, -0.2) is 9.37 Å². The van der Waals surface area contributed by atoms with E-state index < -0.39 is 6.10 Å². The fourth-order valence-electron chi connectivity index (χ4n) is 3.09. The molecular weight excluding hydrogens is 407 g/mol. The predicted molar refractivity (Wildman–Crippen MR) is 116 cm³/mol. The van der Waals surface area contributed by atoms with E-state index in [9.17, 15) is 9.50 Å². The Hall–Kier alpha value is -3.09. The van der Waals surface area contributed by atoms with Gasteiger partial charge >= 0.3 is 0 Å². The van der Waals surface area contributed by atoms with E-state index in [0.29, 0.717) is 12.3 Å². The first kappa shape index (κ1) is 21.6. The van der Waals surface area contributed by atoms with Crippen molar-refractivity contribution in [2.45, 2.75) is 19.3 Å². The number of aliphatic hydroxyl groups is 1. The third-order valence-corrected chi connectivity index (χ3v) is 4.49. The summed E-state index contributed by atoms with van der Waals surface area (Å²) in [5, 5.41) is 10.5. The van der Waals surface area contributed by atoms with E-state index in [-0.39, 0.29) is 31.4 Å². The molecule has 0 aliphatic carbocycles. The molecule has 1 unspecified atom stereocenters. The minimum absolute atomic E-state index is 0. The molecule has 4 rings (SSSR count). The summed E-state index contributed by atoms with van der Waals surface area (Å²) in [7, 11) is 0. The van der Waals surface area contributed by atoms with Gasteiger partial charge in [-0.05, 0) is 48.5 Å². The Morgan fingerprint density at radius 2 is 1.53 bits per heavy atom. The molecule has 0 aliphatic rings. The van der Waals surface area contributed by atoms with Crippen LogP contribution in [0.4, 0.5) is 4.39 Å². The Kier molecular flexibility index (Phi) is 7.27. The Morgan fingerprint density at radius 3 is 2.30 bits per heavy atom. The highest BCUT2D eigenvalue weighted by molar-refractivity contribution is 5.85. The molecule has 30 heavy (non-hydrogen) atoms. The van der Waals surface area contributed by atoms with Crippen LogP contribution in [0.25, 0.3) is 11.0 Å². The molecule has 0 amide bonds. The van der Waals surface area contributed by atoms with Crippen LogP contribution in [0.5, 0.6) is 11.5 Å². The number of aliphatic hydroxyl groups excluding tert-OH is 1. The van der Waals surface area contributed by atoms with Crippen molar-refractivity contribution in [3.63, 3.8) is 0 Å². The molecule has 7 heteroatoms. The van der Waals surface area contributed by atoms with Crippen LogP contribution < -0.4 is 9.47 Å². The first-order valence-corrected chi connectivity index (χ1v) is 9.37. The van der Waals surface area contributed by atoms with Crippen LogP contribution >= 0.6 is 12.4 Å². The largest absolute Gasteiger partial charge is 0.491 e. The predicted octanol–water partition coefficient (Wildman–Crippen LogP) is 4.62. The lowest BCUT2D eigenvalue weighted by molar-refractivity contribution is 0.0917. The van der Waals surface area contributed by atoms with Gasteiger partial charge in [0.05, 0.1) is 17.6 Å². The Bertz CT molecular complexity index is 1070. The molecule has 0 fully saturated rings. The minimum atomic E-state index is -0.770. The van der Waals surface area contributed by atoms with Gasteiger partial charge < -0.3 is 19.1 Å². The fraction of sp³-hybridized carbons (Fsp3) is 0.174. The van der Waals surface area contributed by atoms with Gasteiger partial charge in [-0.1, -0.05) is 30.3 Å². The molecule has 4 aromatic rings. The summed E-state index contributed by atoms with van der Waals surface area (Å²) in [5.74, 6) is 1.65. The smallest absolute Gasteiger partial charge is 0.148 e. The molecule has 0 saturated carbocycles. The lowest BCUT2D eigenvalue weighted by atomic mass is 10.3. The van der Waals surface area contributed by atoms with Gasteiger partial charge in [0, 0.05) is 0 Å². The molecule has 1 heterocycles. The van der Waals surface area contributed by atoms with Crippen LogP contribution in [-0.2, 0) is 13.2 Å². The first-order chi connectivity index (χ1) is 14.2. The third kappa shape index (κ3) is 5.28. The van der Waals surface area contributed by atoms with Crippen LogP contribution in [0.2, 0.25) is 0 Å². The maximum absolute atomic E-state index is 13.0. The van der Waals surface area contributed by atoms with Crippen molar-refractivity contribution in [3.05, 3.63) is 90.5 Å². The maximum atomic E-state index is 13.0. The lowest BCUT2D eigenvalue weighted by Crippen LogP contribution is -2.25. The SMILES string of the molecule is Cl.OC(COc1ccc(F)cc1)Cn1c(COc2ccccc2)nc2ccccc21. The van der Waals surface area contributed by atoms with Gasteiger partial charge in [0.1, 0.15) is 42.5 Å². The zero-order valence-electron chi connectivity index (χ0n) is 16.1. The molecule has 0 bridgehead atoms. The van der Waals surface area contributed by atoms with Crippen LogP contribution in [0.3, 0.4) is 0 Å². The number of benzene rings is 3. The van der Waals surface area contributed by atoms with E-state index in [1.54, 1.807) is 0 Å². The van der Waals surface area contributed by atoms with Gasteiger partial charge in [-0.3, -0.25) is 0 Å². The van der Waals surface area contributed by atoms with Gasteiger partial charge in [0.15, 0.2) is 0 Å². The van der Waals surface area contributed by atoms with Crippen LogP contribution in [0, 0.1) is 5.82 Å². The molecule has 1 atom stereocenters. The number of halogens is 2. The van der Waals surface area contributed by atoms with Gasteiger partial charge in [-0.15, -0.1) is 12.4 Å². The highest BCUT2D eigenvalue weighted by Gasteiger charge is 2.15. The molecule has 0 spiro atoms. The standard InChI is InChI=1S/C23H21FN2O3.ClH/c24-17-10-12-20(13-11-17)28-15-18(27)14-26-22-9-5-4-8-21(22)25-23(26)16-29-19-6-2-1-3-7-19;/h1-13,18,27H,14-16H2;1H. The molecule has 1 aromatic heterocycles. The fourth-order valence-corrected chi connectivity index (χ4v) is 3.09. The average molecular weight is 429 g/mol. The lowest BCUT2D eigenvalue weighted by Gasteiger charge is -2.16. The van der Waals surface area contributed by atoms with Crippen molar-refractivity contribution in [1.29, 1.82) is 0 Å². The Balaban J connectivity index is 0.00000256. The molecule has 3 aromatic carbocycles. The van der Waals surface area contributed by atoms with E-state index in [0.717, 1.165) is 22.6 Å². The van der Waals surface area contributed by atoms with Crippen molar-refractivity contribution >= 4 is 23.4 Å². The van der Waals surface area contributed by atoms with E-state index in [2.05, 4.69) is 4.98 Å². The van der Waals surface area contributed by atoms with Gasteiger partial charge in [-0.2, -0.15) is 0 Å². The van der Waals surface area contributed by atoms with E-state index in [1.807, 2.05) is 59.2 Å². The van der Waals surface area contributed by atoms with Crippen molar-refractivity contribution in [1.82, 2.24) is 9.55 Å². The normalized spacial score (nSPS) is 11.7. The summed E-state index contributed by atoms with van der Waals surface area (Å²) in [5.41, 5.74) is 1.76. The monoisotopic (exact) mass is 428 g/mol. The molecule has 0 saturated heterocycles. The number of ether oxygens (including phenoxy) is 2. The van der Waals surface area contributed by atoms with Crippen molar-refractivity contribution < 1.29 is 19.0 Å². The highest BCUT2D eigenvalue weighted by atomic mass is 35.5. The number of para-hydroxylation sites is 3. The molecule has 0 aliphatic heterocycles. The summed E-state index contributed by atoms with van der Waals surface area (Å²) in [6, 6.07) is 23.0. The van der Waals surface area contributed by atoms with E-state index in [1.165, 1.54) is 24.3 Å². The topological polar surface area (TPSA) is 56.5 Å². The number of hydrogen-bond donors (Lipinski definition) is 1. The van der Waals surface area contributed by atoms with E-state index in [4.69, 9.17) is 9.47 Å². The van der Waals surface area contributed by atoms with Crippen LogP contribution in [0.15, 0.2) is 78.9 Å². The highest BCUT2D eigenvalue weighted by Crippen LogP contribution is 2.19. The number of hydrogen-bond acceptors (Lipinski definition) is 4. The number of fused-ring (bicyclic) bond motifs is 1. The average Bonchev–Trinajstić information content (AvgIpc) is 3.10. The second-order valence-electron chi connectivity index (χ2n) is 6.65. The molecular formula is C23H22ClFN2O3. The van der Waals surface area contributed by atoms with Crippen molar-refractivity contribution in [2.75, 3.05) is 6.61 Å². The number of rotatable bonds is 8. The summed E-state index contributed by atoms with van der Waals surface area (Å²) in [6.07, 6.45) is -0.770. The number of imidazole rings is 1. The zero-order chi connectivity index (χ0) is 20.1. The second-order valence-corrected chi connectivity index (χ2v) is 6.65. The van der Waals surface area contributed by atoms with Gasteiger partial charge in [0.25, 0.3) is 0 Å². The summed E-state index contributed by atoms with van der Waals surface area (Å²) in [6.45, 7) is 0.663. The Labute approximate surface area is 180 Å². The van der Waals surface area contributed by atoms with Gasteiger partial charge in [0.2, 0.25) is 0 Å². The molecule has 1 N–H and O–H groups in total. The van der Waals surface area contributed by atoms with E-state index >= 15 is 0 Å². The first-order valence-electron chi connectivity index (χ1n) is 9.37. The Morgan fingerprint density at radius 1 is 0.867 bits per heavy atom. The summed E-state index contributed by atoms with van der Waals surface area (Å²) >= 11 is 0. The summed E-state index contributed by atoms with van der Waals surface area (Å²) in [4.78, 5) is 4.65. The number of aromatic nitrogens is 2. The minimum Gasteiger partial charge on any atom is -0.491 e. The van der Waals surface area contributed by atoms with Crippen LogP contribution in [0.1, 0.15) is 5.82 Å². The third-order valence-electron chi connectivity index (χ3n) is 4.49. The zero-order valence-corrected chi connectivity index (χ0v) is 17.0. The quantitative estimate of drug-likeness (QED) is 0.445. The summed E-state index contributed by atoms with van der Waals surface area (Å²) < 4.78 is 26.4. The van der Waals surface area contributed by atoms with Crippen molar-refractivity contribution in [2.24, 2.45) is 0 Å². The maximum Gasteiger partial charge on any atom is 0.148 e. The van der Waals surface area contributed by atoms with Crippen LogP contribution in [-0.4, -0.2) is 27.4 Å².